The van der Waals surface area contributed by atoms with Crippen LogP contribution in [-0.4, -0.2) is 26.8 Å². The van der Waals surface area contributed by atoms with Crippen molar-refractivity contribution in [2.75, 3.05) is 6.54 Å². The fourth-order valence-corrected chi connectivity index (χ4v) is 3.20. The average Bonchev–Trinajstić information content (AvgIpc) is 3.20. The van der Waals surface area contributed by atoms with Crippen LogP contribution in [0, 0.1) is 0 Å². The number of benzene rings is 1. The van der Waals surface area contributed by atoms with Gasteiger partial charge in [0.25, 0.3) is 0 Å². The Morgan fingerprint density at radius 2 is 2.20 bits per heavy atom. The summed E-state index contributed by atoms with van der Waals surface area (Å²) in [7, 11) is 0. The fourth-order valence-electron chi connectivity index (χ4n) is 3.03. The third-order valence-corrected chi connectivity index (χ3v) is 4.50. The molecule has 0 aliphatic carbocycles. The molecule has 4 rings (SSSR count). The van der Waals surface area contributed by atoms with E-state index in [0.717, 1.165) is 27.8 Å². The summed E-state index contributed by atoms with van der Waals surface area (Å²) in [4.78, 5) is 19.8. The van der Waals surface area contributed by atoms with Crippen LogP contribution in [0.15, 0.2) is 55.0 Å². The predicted molar refractivity (Wildman–Crippen MR) is 98.9 cm³/mol. The van der Waals surface area contributed by atoms with Crippen LogP contribution in [0.3, 0.4) is 0 Å². The maximum atomic E-state index is 12.2. The standard InChI is InChI=1S/C19H17ClN4O/c20-14-4-5-17-16(10-14)13(11-22-17)9-19(25)21-7-6-18-23-12-15-3-1-2-8-24(15)18/h1-5,8,10-12,22H,6-7,9H2,(H,21,25). The first kappa shape index (κ1) is 15.7. The fraction of sp³-hybridized carbons (Fsp3) is 0.158. The van der Waals surface area contributed by atoms with Crippen LogP contribution >= 0.6 is 11.6 Å². The van der Waals surface area contributed by atoms with Crippen molar-refractivity contribution in [2.24, 2.45) is 0 Å². The maximum Gasteiger partial charge on any atom is 0.224 e. The van der Waals surface area contributed by atoms with Crippen LogP contribution < -0.4 is 5.32 Å². The molecule has 4 aromatic rings. The number of hydrogen-bond donors (Lipinski definition) is 2. The van der Waals surface area contributed by atoms with Gasteiger partial charge in [0.05, 0.1) is 18.1 Å². The molecule has 0 saturated heterocycles. The monoisotopic (exact) mass is 352 g/mol. The van der Waals surface area contributed by atoms with Crippen LogP contribution in [-0.2, 0) is 17.6 Å². The van der Waals surface area contributed by atoms with Gasteiger partial charge < -0.3 is 14.7 Å². The smallest absolute Gasteiger partial charge is 0.224 e. The van der Waals surface area contributed by atoms with Crippen molar-refractivity contribution in [3.05, 3.63) is 71.4 Å². The molecule has 0 saturated carbocycles. The molecule has 0 bridgehead atoms. The summed E-state index contributed by atoms with van der Waals surface area (Å²) in [6.45, 7) is 0.552. The number of aromatic amines is 1. The largest absolute Gasteiger partial charge is 0.361 e. The van der Waals surface area contributed by atoms with Crippen molar-refractivity contribution in [1.29, 1.82) is 0 Å². The predicted octanol–water partition coefficient (Wildman–Crippen LogP) is 3.37. The molecule has 1 aromatic carbocycles. The Morgan fingerprint density at radius 3 is 3.12 bits per heavy atom. The third-order valence-electron chi connectivity index (χ3n) is 4.27. The van der Waals surface area contributed by atoms with Crippen LogP contribution in [0.5, 0.6) is 0 Å². The summed E-state index contributed by atoms with van der Waals surface area (Å²) >= 11 is 6.05. The van der Waals surface area contributed by atoms with Gasteiger partial charge in [-0.25, -0.2) is 4.98 Å². The van der Waals surface area contributed by atoms with Gasteiger partial charge >= 0.3 is 0 Å². The van der Waals surface area contributed by atoms with Gasteiger partial charge in [-0.15, -0.1) is 0 Å². The first-order chi connectivity index (χ1) is 12.2. The van der Waals surface area contributed by atoms with Gasteiger partial charge in [-0.3, -0.25) is 4.79 Å². The van der Waals surface area contributed by atoms with Gasteiger partial charge in [0.1, 0.15) is 5.82 Å². The zero-order chi connectivity index (χ0) is 17.2. The van der Waals surface area contributed by atoms with Crippen LogP contribution in [0.25, 0.3) is 16.4 Å². The third kappa shape index (κ3) is 3.23. The number of imidazole rings is 1. The Kier molecular flexibility index (Phi) is 4.15. The Morgan fingerprint density at radius 1 is 1.28 bits per heavy atom. The Balaban J connectivity index is 1.38. The van der Waals surface area contributed by atoms with Crippen molar-refractivity contribution in [3.8, 4) is 0 Å². The van der Waals surface area contributed by atoms with Crippen molar-refractivity contribution in [3.63, 3.8) is 0 Å². The molecular formula is C19H17ClN4O. The quantitative estimate of drug-likeness (QED) is 0.578. The van der Waals surface area contributed by atoms with Gasteiger partial charge in [-0.1, -0.05) is 17.7 Å². The van der Waals surface area contributed by atoms with E-state index in [-0.39, 0.29) is 5.91 Å². The van der Waals surface area contributed by atoms with Crippen molar-refractivity contribution in [2.45, 2.75) is 12.8 Å². The van der Waals surface area contributed by atoms with Gasteiger partial charge in [0.2, 0.25) is 5.91 Å². The second-order valence-electron chi connectivity index (χ2n) is 5.95. The highest BCUT2D eigenvalue weighted by Gasteiger charge is 2.10. The average molecular weight is 353 g/mol. The number of aromatic nitrogens is 3. The number of H-pyrrole nitrogens is 1. The Hall–Kier alpha value is -2.79. The molecule has 0 radical (unpaired) electrons. The molecule has 5 nitrogen and oxygen atoms in total. The molecule has 3 heterocycles. The van der Waals surface area contributed by atoms with E-state index >= 15 is 0 Å². The molecular weight excluding hydrogens is 336 g/mol. The molecule has 0 fully saturated rings. The number of halogens is 1. The number of carbonyl (C=O) groups is 1. The Bertz CT molecular complexity index is 1050. The van der Waals surface area contributed by atoms with Gasteiger partial charge in [-0.05, 0) is 35.9 Å². The number of nitrogens with one attached hydrogen (secondary N) is 2. The zero-order valence-electron chi connectivity index (χ0n) is 13.5. The molecule has 126 valence electrons. The highest BCUT2D eigenvalue weighted by Crippen LogP contribution is 2.22. The molecule has 0 aliphatic heterocycles. The summed E-state index contributed by atoms with van der Waals surface area (Å²) in [5.74, 6) is 0.927. The van der Waals surface area contributed by atoms with E-state index in [1.807, 2.05) is 59.4 Å². The minimum Gasteiger partial charge on any atom is -0.361 e. The van der Waals surface area contributed by atoms with Gasteiger partial charge in [-0.2, -0.15) is 0 Å². The van der Waals surface area contributed by atoms with E-state index < -0.39 is 0 Å². The SMILES string of the molecule is O=C(Cc1c[nH]c2ccc(Cl)cc12)NCCc1ncc2ccccn12. The first-order valence-electron chi connectivity index (χ1n) is 8.14. The van der Waals surface area contributed by atoms with E-state index in [0.29, 0.717) is 24.4 Å². The number of rotatable bonds is 5. The lowest BCUT2D eigenvalue weighted by atomic mass is 10.1. The van der Waals surface area contributed by atoms with Gasteiger partial charge in [0, 0.05) is 41.3 Å². The molecule has 25 heavy (non-hydrogen) atoms. The van der Waals surface area contributed by atoms with E-state index in [1.165, 1.54) is 0 Å². The van der Waals surface area contributed by atoms with E-state index in [4.69, 9.17) is 11.6 Å². The molecule has 2 N–H and O–H groups in total. The van der Waals surface area contributed by atoms with Crippen molar-refractivity contribution < 1.29 is 4.79 Å². The second-order valence-corrected chi connectivity index (χ2v) is 6.39. The van der Waals surface area contributed by atoms with Crippen LogP contribution in [0.2, 0.25) is 5.02 Å². The molecule has 1 amide bonds. The lowest BCUT2D eigenvalue weighted by Crippen LogP contribution is -2.27. The normalized spacial score (nSPS) is 11.2. The lowest BCUT2D eigenvalue weighted by molar-refractivity contribution is -0.120. The summed E-state index contributed by atoms with van der Waals surface area (Å²) in [6, 6.07) is 11.6. The van der Waals surface area contributed by atoms with E-state index in [1.54, 1.807) is 0 Å². The molecule has 3 aromatic heterocycles. The summed E-state index contributed by atoms with van der Waals surface area (Å²) in [6.07, 6.45) is 6.69. The highest BCUT2D eigenvalue weighted by molar-refractivity contribution is 6.31. The molecule has 6 heteroatoms. The number of nitrogens with zero attached hydrogens (tertiary/aromatic N) is 2. The highest BCUT2D eigenvalue weighted by atomic mass is 35.5. The minimum absolute atomic E-state index is 0.0123. The zero-order valence-corrected chi connectivity index (χ0v) is 14.3. The summed E-state index contributed by atoms with van der Waals surface area (Å²) in [5.41, 5.74) is 2.98. The van der Waals surface area contributed by atoms with Gasteiger partial charge in [0.15, 0.2) is 0 Å². The molecule has 0 spiro atoms. The molecule has 0 unspecified atom stereocenters. The number of fused-ring (bicyclic) bond motifs is 2. The molecule has 0 aliphatic rings. The Labute approximate surface area is 149 Å². The molecule has 0 atom stereocenters. The number of hydrogen-bond acceptors (Lipinski definition) is 2. The summed E-state index contributed by atoms with van der Waals surface area (Å²) < 4.78 is 2.04. The van der Waals surface area contributed by atoms with E-state index in [2.05, 4.69) is 15.3 Å². The number of amides is 1. The van der Waals surface area contributed by atoms with Crippen LogP contribution in [0.4, 0.5) is 0 Å². The minimum atomic E-state index is -0.0123. The van der Waals surface area contributed by atoms with Crippen LogP contribution in [0.1, 0.15) is 11.4 Å². The van der Waals surface area contributed by atoms with Crippen molar-refractivity contribution >= 4 is 33.9 Å². The number of carbonyl (C=O) groups excluding carboxylic acids is 1. The van der Waals surface area contributed by atoms with Crippen molar-refractivity contribution in [1.82, 2.24) is 19.7 Å². The second kappa shape index (κ2) is 6.61. The summed E-state index contributed by atoms with van der Waals surface area (Å²) in [5, 5.41) is 4.62. The first-order valence-corrected chi connectivity index (χ1v) is 8.52. The maximum absolute atomic E-state index is 12.2. The lowest BCUT2D eigenvalue weighted by Gasteiger charge is -2.05. The topological polar surface area (TPSA) is 62.2 Å². The van der Waals surface area contributed by atoms with E-state index in [9.17, 15) is 4.79 Å². The number of pyridine rings is 1.